The highest BCUT2D eigenvalue weighted by atomic mass is 14.8. The molecular formula is C15H21N. The van der Waals surface area contributed by atoms with Crippen LogP contribution in [0.2, 0.25) is 0 Å². The highest BCUT2D eigenvalue weighted by molar-refractivity contribution is 5.65. The highest BCUT2D eigenvalue weighted by Crippen LogP contribution is 2.35. The normalized spacial score (nSPS) is 13.6. The minimum atomic E-state index is 1.10. The second kappa shape index (κ2) is 4.73. The summed E-state index contributed by atoms with van der Waals surface area (Å²) in [5, 5.41) is 3.37. The fourth-order valence-electron chi connectivity index (χ4n) is 2.85. The Hall–Kier alpha value is -1.24. The van der Waals surface area contributed by atoms with Gasteiger partial charge < -0.3 is 5.32 Å². The molecule has 1 aliphatic carbocycles. The van der Waals surface area contributed by atoms with Gasteiger partial charge in [-0.15, -0.1) is 0 Å². The molecule has 2 rings (SSSR count). The zero-order chi connectivity index (χ0) is 11.5. The van der Waals surface area contributed by atoms with Gasteiger partial charge >= 0.3 is 0 Å². The van der Waals surface area contributed by atoms with Crippen LogP contribution < -0.4 is 5.32 Å². The number of aryl methyl sites for hydroxylation is 2. The van der Waals surface area contributed by atoms with Gasteiger partial charge in [0, 0.05) is 5.69 Å². The summed E-state index contributed by atoms with van der Waals surface area (Å²) in [5.41, 5.74) is 7.44. The average molecular weight is 215 g/mol. The van der Waals surface area contributed by atoms with Gasteiger partial charge in [0.15, 0.2) is 0 Å². The van der Waals surface area contributed by atoms with E-state index in [1.165, 1.54) is 41.6 Å². The molecule has 0 bridgehead atoms. The maximum Gasteiger partial charge on any atom is 0.0450 e. The van der Waals surface area contributed by atoms with Crippen molar-refractivity contribution in [2.24, 2.45) is 0 Å². The van der Waals surface area contributed by atoms with E-state index in [9.17, 15) is 0 Å². The summed E-state index contributed by atoms with van der Waals surface area (Å²) in [6, 6.07) is 2.43. The summed E-state index contributed by atoms with van der Waals surface area (Å²) in [7, 11) is 0. The van der Waals surface area contributed by atoms with Crippen molar-refractivity contribution in [1.29, 1.82) is 0 Å². The Morgan fingerprint density at radius 3 is 2.75 bits per heavy atom. The third-order valence-corrected chi connectivity index (χ3v) is 3.58. The summed E-state index contributed by atoms with van der Waals surface area (Å²) in [4.78, 5) is 0. The SMILES string of the molecule is C=CNc1c(CC)c(CC)cc2c1CCC2. The van der Waals surface area contributed by atoms with Gasteiger partial charge in [-0.1, -0.05) is 26.5 Å². The smallest absolute Gasteiger partial charge is 0.0450 e. The molecule has 0 radical (unpaired) electrons. The zero-order valence-electron chi connectivity index (χ0n) is 10.4. The van der Waals surface area contributed by atoms with Crippen molar-refractivity contribution in [3.05, 3.63) is 41.1 Å². The first-order valence-corrected chi connectivity index (χ1v) is 6.35. The minimum absolute atomic E-state index is 1.10. The molecule has 0 amide bonds. The third-order valence-electron chi connectivity index (χ3n) is 3.58. The van der Waals surface area contributed by atoms with E-state index in [0.29, 0.717) is 0 Å². The van der Waals surface area contributed by atoms with Crippen LogP contribution in [0.1, 0.15) is 42.5 Å². The third kappa shape index (κ3) is 1.75. The van der Waals surface area contributed by atoms with Crippen LogP contribution in [0.3, 0.4) is 0 Å². The fourth-order valence-corrected chi connectivity index (χ4v) is 2.85. The van der Waals surface area contributed by atoms with Gasteiger partial charge in [0.2, 0.25) is 0 Å². The number of rotatable bonds is 4. The van der Waals surface area contributed by atoms with Crippen LogP contribution in [0.25, 0.3) is 0 Å². The first kappa shape index (κ1) is 11.3. The van der Waals surface area contributed by atoms with E-state index in [1.54, 1.807) is 5.56 Å². The van der Waals surface area contributed by atoms with Crippen LogP contribution >= 0.6 is 0 Å². The lowest BCUT2D eigenvalue weighted by molar-refractivity contribution is 0.911. The lowest BCUT2D eigenvalue weighted by Gasteiger charge is -2.17. The minimum Gasteiger partial charge on any atom is -0.362 e. The Balaban J connectivity index is 2.60. The van der Waals surface area contributed by atoms with Crippen LogP contribution in [0.4, 0.5) is 5.69 Å². The second-order valence-corrected chi connectivity index (χ2v) is 4.44. The average Bonchev–Trinajstić information content (AvgIpc) is 2.76. The van der Waals surface area contributed by atoms with Crippen molar-refractivity contribution in [2.75, 3.05) is 5.32 Å². The van der Waals surface area contributed by atoms with Crippen molar-refractivity contribution in [1.82, 2.24) is 0 Å². The molecule has 0 saturated carbocycles. The number of hydrogen-bond donors (Lipinski definition) is 1. The molecule has 1 aromatic rings. The molecule has 16 heavy (non-hydrogen) atoms. The number of nitrogens with one attached hydrogen (secondary N) is 1. The maximum atomic E-state index is 3.80. The van der Waals surface area contributed by atoms with Crippen molar-refractivity contribution in [3.8, 4) is 0 Å². The Labute approximate surface area is 98.6 Å². The van der Waals surface area contributed by atoms with E-state index in [1.807, 2.05) is 6.20 Å². The molecule has 0 heterocycles. The predicted octanol–water partition coefficient (Wildman–Crippen LogP) is 3.86. The van der Waals surface area contributed by atoms with Gasteiger partial charge in [-0.05, 0) is 60.6 Å². The summed E-state index contributed by atoms with van der Waals surface area (Å²) in [6.45, 7) is 8.29. The van der Waals surface area contributed by atoms with Crippen LogP contribution in [-0.2, 0) is 25.7 Å². The quantitative estimate of drug-likeness (QED) is 0.804. The van der Waals surface area contributed by atoms with Gasteiger partial charge in [-0.25, -0.2) is 0 Å². The first-order chi connectivity index (χ1) is 7.81. The number of anilines is 1. The van der Waals surface area contributed by atoms with Crippen LogP contribution in [-0.4, -0.2) is 0 Å². The molecule has 1 aromatic carbocycles. The van der Waals surface area contributed by atoms with E-state index < -0.39 is 0 Å². The van der Waals surface area contributed by atoms with Crippen LogP contribution in [0.5, 0.6) is 0 Å². The molecule has 0 atom stereocenters. The van der Waals surface area contributed by atoms with Gasteiger partial charge in [-0.3, -0.25) is 0 Å². The lowest BCUT2D eigenvalue weighted by Crippen LogP contribution is -2.03. The van der Waals surface area contributed by atoms with Crippen molar-refractivity contribution in [3.63, 3.8) is 0 Å². The predicted molar refractivity (Wildman–Crippen MR) is 71.0 cm³/mol. The number of benzene rings is 1. The summed E-state index contributed by atoms with van der Waals surface area (Å²) in [6.07, 6.45) is 7.82. The maximum absolute atomic E-state index is 3.80. The van der Waals surface area contributed by atoms with E-state index in [-0.39, 0.29) is 0 Å². The van der Waals surface area contributed by atoms with E-state index in [4.69, 9.17) is 0 Å². The molecule has 0 aliphatic heterocycles. The summed E-state index contributed by atoms with van der Waals surface area (Å²) in [5.74, 6) is 0. The van der Waals surface area contributed by atoms with Crippen molar-refractivity contribution >= 4 is 5.69 Å². The van der Waals surface area contributed by atoms with Gasteiger partial charge in [0.05, 0.1) is 0 Å². The van der Waals surface area contributed by atoms with Crippen molar-refractivity contribution in [2.45, 2.75) is 46.0 Å². The van der Waals surface area contributed by atoms with Gasteiger partial charge in [0.25, 0.3) is 0 Å². The Kier molecular flexibility index (Phi) is 3.33. The Bertz CT molecular complexity index is 404. The first-order valence-electron chi connectivity index (χ1n) is 6.35. The van der Waals surface area contributed by atoms with E-state index in [2.05, 4.69) is 31.8 Å². The molecule has 0 saturated heterocycles. The summed E-state index contributed by atoms with van der Waals surface area (Å²) < 4.78 is 0. The Morgan fingerprint density at radius 1 is 1.31 bits per heavy atom. The second-order valence-electron chi connectivity index (χ2n) is 4.44. The molecule has 0 aromatic heterocycles. The van der Waals surface area contributed by atoms with Crippen LogP contribution in [0, 0.1) is 0 Å². The molecule has 0 spiro atoms. The van der Waals surface area contributed by atoms with Gasteiger partial charge in [-0.2, -0.15) is 0 Å². The topological polar surface area (TPSA) is 12.0 Å². The molecule has 86 valence electrons. The molecule has 1 N–H and O–H groups in total. The van der Waals surface area contributed by atoms with Crippen molar-refractivity contribution < 1.29 is 0 Å². The molecule has 1 heteroatoms. The number of fused-ring (bicyclic) bond motifs is 1. The number of hydrogen-bond acceptors (Lipinski definition) is 1. The molecule has 0 unspecified atom stereocenters. The standard InChI is InChI=1S/C15H21N/c1-4-11-10-12-8-7-9-14(12)15(16-6-3)13(11)5-2/h6,10,16H,3-5,7-9H2,1-2H3. The Morgan fingerprint density at radius 2 is 2.12 bits per heavy atom. The molecule has 1 nitrogen and oxygen atoms in total. The molecule has 0 fully saturated rings. The molecule has 1 aliphatic rings. The largest absolute Gasteiger partial charge is 0.362 e. The van der Waals surface area contributed by atoms with Gasteiger partial charge in [0.1, 0.15) is 0 Å². The molecular weight excluding hydrogens is 194 g/mol. The zero-order valence-corrected chi connectivity index (χ0v) is 10.4. The van der Waals surface area contributed by atoms with E-state index >= 15 is 0 Å². The monoisotopic (exact) mass is 215 g/mol. The van der Waals surface area contributed by atoms with E-state index in [0.717, 1.165) is 12.8 Å². The summed E-state index contributed by atoms with van der Waals surface area (Å²) >= 11 is 0. The lowest BCUT2D eigenvalue weighted by atomic mass is 9.94. The fraction of sp³-hybridized carbons (Fsp3) is 0.467. The highest BCUT2D eigenvalue weighted by Gasteiger charge is 2.19. The van der Waals surface area contributed by atoms with Crippen LogP contribution in [0.15, 0.2) is 18.8 Å².